The van der Waals surface area contributed by atoms with Crippen LogP contribution in [-0.2, 0) is 5.60 Å². The molecule has 0 saturated carbocycles. The summed E-state index contributed by atoms with van der Waals surface area (Å²) in [5.74, 6) is -0.360. The van der Waals surface area contributed by atoms with Gasteiger partial charge in [0, 0.05) is 18.0 Å². The quantitative estimate of drug-likeness (QED) is 0.838. The van der Waals surface area contributed by atoms with E-state index >= 15 is 0 Å². The van der Waals surface area contributed by atoms with Crippen LogP contribution < -0.4 is 0 Å². The molecule has 3 heteroatoms. The Bertz CT molecular complexity index is 482. The predicted octanol–water partition coefficient (Wildman–Crippen LogP) is 2.48. The minimum atomic E-state index is -1.23. The molecule has 1 aromatic carbocycles. The second kappa shape index (κ2) is 4.02. The molecular formula is C13H12FNO. The molecular weight excluding hydrogens is 205 g/mol. The maximum absolute atomic E-state index is 13.1. The van der Waals surface area contributed by atoms with E-state index in [2.05, 4.69) is 4.98 Å². The molecule has 0 fully saturated rings. The minimum absolute atomic E-state index is 0.360. The third-order valence-corrected chi connectivity index (χ3v) is 2.61. The van der Waals surface area contributed by atoms with Gasteiger partial charge in [0.25, 0.3) is 0 Å². The number of aromatic nitrogens is 1. The molecule has 0 aliphatic rings. The average Bonchev–Trinajstić information content (AvgIpc) is 2.30. The van der Waals surface area contributed by atoms with Crippen molar-refractivity contribution in [1.29, 1.82) is 0 Å². The van der Waals surface area contributed by atoms with Crippen LogP contribution in [0.2, 0.25) is 0 Å². The molecule has 82 valence electrons. The highest BCUT2D eigenvalue weighted by molar-refractivity contribution is 5.33. The van der Waals surface area contributed by atoms with E-state index in [4.69, 9.17) is 0 Å². The Morgan fingerprint density at radius 3 is 2.56 bits per heavy atom. The van der Waals surface area contributed by atoms with Crippen molar-refractivity contribution in [2.24, 2.45) is 0 Å². The van der Waals surface area contributed by atoms with Crippen molar-refractivity contribution in [2.75, 3.05) is 0 Å². The van der Waals surface area contributed by atoms with Gasteiger partial charge >= 0.3 is 0 Å². The van der Waals surface area contributed by atoms with E-state index in [-0.39, 0.29) is 5.82 Å². The summed E-state index contributed by atoms with van der Waals surface area (Å²) in [4.78, 5) is 3.95. The summed E-state index contributed by atoms with van der Waals surface area (Å²) in [5.41, 5.74) is -0.0720. The van der Waals surface area contributed by atoms with Gasteiger partial charge in [0.15, 0.2) is 0 Å². The zero-order valence-electron chi connectivity index (χ0n) is 8.89. The van der Waals surface area contributed by atoms with E-state index in [1.807, 2.05) is 0 Å². The summed E-state index contributed by atoms with van der Waals surface area (Å²) in [6.07, 6.45) is 3.20. The molecule has 1 aromatic heterocycles. The number of hydrogen-bond donors (Lipinski definition) is 1. The summed E-state index contributed by atoms with van der Waals surface area (Å²) in [5, 5.41) is 10.4. The highest BCUT2D eigenvalue weighted by atomic mass is 19.1. The normalized spacial score (nSPS) is 14.4. The monoisotopic (exact) mass is 217 g/mol. The molecule has 0 aliphatic heterocycles. The van der Waals surface area contributed by atoms with Gasteiger partial charge in [0.1, 0.15) is 11.4 Å². The molecule has 16 heavy (non-hydrogen) atoms. The van der Waals surface area contributed by atoms with Crippen LogP contribution >= 0.6 is 0 Å². The van der Waals surface area contributed by atoms with Gasteiger partial charge in [-0.3, -0.25) is 4.98 Å². The molecule has 2 rings (SSSR count). The first-order valence-corrected chi connectivity index (χ1v) is 4.99. The van der Waals surface area contributed by atoms with Crippen LogP contribution in [0.4, 0.5) is 4.39 Å². The van der Waals surface area contributed by atoms with Crippen molar-refractivity contribution in [3.05, 3.63) is 65.7 Å². The SMILES string of the molecule is CC(O)(c1cccnc1)c1cccc(F)c1. The van der Waals surface area contributed by atoms with E-state index in [0.717, 1.165) is 0 Å². The molecule has 1 heterocycles. The van der Waals surface area contributed by atoms with E-state index < -0.39 is 5.60 Å². The number of nitrogens with zero attached hydrogens (tertiary/aromatic N) is 1. The van der Waals surface area contributed by atoms with Gasteiger partial charge in [-0.05, 0) is 30.7 Å². The van der Waals surface area contributed by atoms with Crippen LogP contribution in [0.1, 0.15) is 18.1 Å². The summed E-state index contributed by atoms with van der Waals surface area (Å²) in [7, 11) is 0. The maximum Gasteiger partial charge on any atom is 0.123 e. The van der Waals surface area contributed by atoms with Gasteiger partial charge < -0.3 is 5.11 Å². The molecule has 0 radical (unpaired) electrons. The van der Waals surface area contributed by atoms with Gasteiger partial charge in [0.2, 0.25) is 0 Å². The number of aliphatic hydroxyl groups is 1. The number of benzene rings is 1. The van der Waals surface area contributed by atoms with Crippen LogP contribution in [0.3, 0.4) is 0 Å². The van der Waals surface area contributed by atoms with Crippen LogP contribution in [0.5, 0.6) is 0 Å². The molecule has 2 nitrogen and oxygen atoms in total. The Hall–Kier alpha value is -1.74. The largest absolute Gasteiger partial charge is 0.381 e. The maximum atomic E-state index is 13.1. The van der Waals surface area contributed by atoms with Crippen molar-refractivity contribution in [2.45, 2.75) is 12.5 Å². The lowest BCUT2D eigenvalue weighted by molar-refractivity contribution is 0.101. The van der Waals surface area contributed by atoms with Crippen molar-refractivity contribution in [3.8, 4) is 0 Å². The lowest BCUT2D eigenvalue weighted by Gasteiger charge is -2.23. The Kier molecular flexibility index (Phi) is 2.71. The molecule has 0 amide bonds. The number of rotatable bonds is 2. The van der Waals surface area contributed by atoms with E-state index in [0.29, 0.717) is 11.1 Å². The third kappa shape index (κ3) is 1.95. The zero-order valence-corrected chi connectivity index (χ0v) is 8.89. The number of halogens is 1. The van der Waals surface area contributed by atoms with Gasteiger partial charge in [-0.2, -0.15) is 0 Å². The van der Waals surface area contributed by atoms with Crippen molar-refractivity contribution < 1.29 is 9.50 Å². The Balaban J connectivity index is 2.47. The molecule has 0 saturated heterocycles. The first-order valence-electron chi connectivity index (χ1n) is 4.99. The highest BCUT2D eigenvalue weighted by Gasteiger charge is 2.25. The highest BCUT2D eigenvalue weighted by Crippen LogP contribution is 2.28. The summed E-state index contributed by atoms with van der Waals surface area (Å²) in [6.45, 7) is 1.62. The van der Waals surface area contributed by atoms with Crippen molar-refractivity contribution in [1.82, 2.24) is 4.98 Å². The van der Waals surface area contributed by atoms with Crippen molar-refractivity contribution in [3.63, 3.8) is 0 Å². The topological polar surface area (TPSA) is 33.1 Å². The summed E-state index contributed by atoms with van der Waals surface area (Å²) < 4.78 is 13.1. The molecule has 1 atom stereocenters. The van der Waals surface area contributed by atoms with Gasteiger partial charge in [-0.1, -0.05) is 18.2 Å². The van der Waals surface area contributed by atoms with Crippen LogP contribution in [-0.4, -0.2) is 10.1 Å². The van der Waals surface area contributed by atoms with E-state index in [1.54, 1.807) is 43.6 Å². The minimum Gasteiger partial charge on any atom is -0.381 e. The molecule has 2 aromatic rings. The smallest absolute Gasteiger partial charge is 0.123 e. The van der Waals surface area contributed by atoms with Gasteiger partial charge in [-0.15, -0.1) is 0 Å². The third-order valence-electron chi connectivity index (χ3n) is 2.61. The fourth-order valence-electron chi connectivity index (χ4n) is 1.61. The van der Waals surface area contributed by atoms with Crippen LogP contribution in [0.25, 0.3) is 0 Å². The fraction of sp³-hybridized carbons (Fsp3) is 0.154. The lowest BCUT2D eigenvalue weighted by Crippen LogP contribution is -2.22. The second-order valence-electron chi connectivity index (χ2n) is 3.82. The Morgan fingerprint density at radius 1 is 1.19 bits per heavy atom. The van der Waals surface area contributed by atoms with Gasteiger partial charge in [-0.25, -0.2) is 4.39 Å². The van der Waals surface area contributed by atoms with Crippen LogP contribution in [0.15, 0.2) is 48.8 Å². The molecule has 0 spiro atoms. The fourth-order valence-corrected chi connectivity index (χ4v) is 1.61. The number of hydrogen-bond acceptors (Lipinski definition) is 2. The summed E-state index contributed by atoms with van der Waals surface area (Å²) >= 11 is 0. The summed E-state index contributed by atoms with van der Waals surface area (Å²) in [6, 6.07) is 9.45. The van der Waals surface area contributed by atoms with Gasteiger partial charge in [0.05, 0.1) is 0 Å². The Morgan fingerprint density at radius 2 is 1.94 bits per heavy atom. The van der Waals surface area contributed by atoms with E-state index in [9.17, 15) is 9.50 Å². The van der Waals surface area contributed by atoms with Crippen molar-refractivity contribution >= 4 is 0 Å². The van der Waals surface area contributed by atoms with E-state index in [1.165, 1.54) is 12.1 Å². The lowest BCUT2D eigenvalue weighted by atomic mass is 9.89. The molecule has 1 unspecified atom stereocenters. The predicted molar refractivity (Wildman–Crippen MR) is 59.3 cm³/mol. The Labute approximate surface area is 93.4 Å². The first kappa shape index (κ1) is 10.8. The molecule has 1 N–H and O–H groups in total. The zero-order chi connectivity index (χ0) is 11.6. The second-order valence-corrected chi connectivity index (χ2v) is 3.82. The standard InChI is InChI=1S/C13H12FNO/c1-13(16,11-5-3-7-15-9-11)10-4-2-6-12(14)8-10/h2-9,16H,1H3. The van der Waals surface area contributed by atoms with Crippen LogP contribution in [0, 0.1) is 5.82 Å². The number of pyridine rings is 1. The average molecular weight is 217 g/mol. The molecule has 0 aliphatic carbocycles. The molecule has 0 bridgehead atoms. The first-order chi connectivity index (χ1) is 7.60.